The highest BCUT2D eigenvalue weighted by Crippen LogP contribution is 2.41. The molecule has 102 valence electrons. The standard InChI is InChI=1S/C8H3BrF6INO/c9-1-3-4(16)2-17-6(7(10,11)12)5(3)18-8(13,14)15/h2H,1H2. The number of hydrogen-bond donors (Lipinski definition) is 0. The number of alkyl halides is 7. The van der Waals surface area contributed by atoms with Crippen LogP contribution in [0.4, 0.5) is 26.3 Å². The summed E-state index contributed by atoms with van der Waals surface area (Å²) in [6, 6.07) is 0. The molecule has 0 N–H and O–H groups in total. The predicted molar refractivity (Wildman–Crippen MR) is 61.3 cm³/mol. The number of rotatable bonds is 2. The summed E-state index contributed by atoms with van der Waals surface area (Å²) >= 11 is 4.40. The maximum Gasteiger partial charge on any atom is 0.573 e. The van der Waals surface area contributed by atoms with Gasteiger partial charge in [-0.05, 0) is 22.6 Å². The van der Waals surface area contributed by atoms with Crippen molar-refractivity contribution in [2.45, 2.75) is 17.9 Å². The molecule has 10 heteroatoms. The van der Waals surface area contributed by atoms with Crippen molar-refractivity contribution in [2.75, 3.05) is 0 Å². The Balaban J connectivity index is 3.45. The van der Waals surface area contributed by atoms with E-state index in [1.165, 1.54) is 0 Å². The Morgan fingerprint density at radius 1 is 1.22 bits per heavy atom. The first-order valence-electron chi connectivity index (χ1n) is 4.12. The lowest BCUT2D eigenvalue weighted by Crippen LogP contribution is -2.22. The van der Waals surface area contributed by atoms with Gasteiger partial charge in [-0.15, -0.1) is 13.2 Å². The number of ether oxygens (including phenoxy) is 1. The molecule has 1 rings (SSSR count). The first-order chi connectivity index (χ1) is 8.06. The lowest BCUT2D eigenvalue weighted by atomic mass is 10.2. The van der Waals surface area contributed by atoms with Crippen molar-refractivity contribution in [1.82, 2.24) is 4.98 Å². The molecule has 0 radical (unpaired) electrons. The summed E-state index contributed by atoms with van der Waals surface area (Å²) < 4.78 is 77.6. The number of pyridine rings is 1. The number of hydrogen-bond acceptors (Lipinski definition) is 2. The van der Waals surface area contributed by atoms with Gasteiger partial charge in [0.25, 0.3) is 0 Å². The molecule has 0 fully saturated rings. The fraction of sp³-hybridized carbons (Fsp3) is 0.375. The number of halogens is 8. The smallest absolute Gasteiger partial charge is 0.403 e. The third kappa shape index (κ3) is 3.87. The topological polar surface area (TPSA) is 22.1 Å². The van der Waals surface area contributed by atoms with Gasteiger partial charge in [0, 0.05) is 20.7 Å². The Hall–Kier alpha value is -0.260. The number of aromatic nitrogens is 1. The van der Waals surface area contributed by atoms with Gasteiger partial charge >= 0.3 is 12.5 Å². The van der Waals surface area contributed by atoms with Crippen molar-refractivity contribution in [3.05, 3.63) is 21.0 Å². The SMILES string of the molecule is FC(F)(F)Oc1c(C(F)(F)F)ncc(I)c1CBr. The Morgan fingerprint density at radius 3 is 2.17 bits per heavy atom. The van der Waals surface area contributed by atoms with Crippen LogP contribution in [0.15, 0.2) is 6.20 Å². The molecule has 0 aliphatic rings. The Morgan fingerprint density at radius 2 is 1.78 bits per heavy atom. The second-order valence-electron chi connectivity index (χ2n) is 2.94. The molecule has 0 saturated carbocycles. The molecule has 2 nitrogen and oxygen atoms in total. The quantitative estimate of drug-likeness (QED) is 0.377. The first kappa shape index (κ1) is 15.8. The third-order valence-electron chi connectivity index (χ3n) is 1.70. The zero-order valence-electron chi connectivity index (χ0n) is 8.16. The summed E-state index contributed by atoms with van der Waals surface area (Å²) in [6.07, 6.45) is -9.41. The molecular formula is C8H3BrF6INO. The van der Waals surface area contributed by atoms with Crippen LogP contribution in [-0.2, 0) is 11.5 Å². The van der Waals surface area contributed by atoms with Gasteiger partial charge in [0.15, 0.2) is 11.4 Å². The summed E-state index contributed by atoms with van der Waals surface area (Å²) in [5, 5.41) is -0.220. The second-order valence-corrected chi connectivity index (χ2v) is 4.66. The van der Waals surface area contributed by atoms with Crippen LogP contribution in [0.2, 0.25) is 0 Å². The molecule has 0 spiro atoms. The van der Waals surface area contributed by atoms with E-state index >= 15 is 0 Å². The molecule has 1 heterocycles. The van der Waals surface area contributed by atoms with E-state index in [4.69, 9.17) is 0 Å². The summed E-state index contributed by atoms with van der Waals surface area (Å²) in [5.74, 6) is -1.32. The van der Waals surface area contributed by atoms with Crippen LogP contribution >= 0.6 is 38.5 Å². The fourth-order valence-corrected chi connectivity index (χ4v) is 2.72. The molecule has 0 atom stereocenters. The lowest BCUT2D eigenvalue weighted by Gasteiger charge is -2.17. The highest BCUT2D eigenvalue weighted by atomic mass is 127. The van der Waals surface area contributed by atoms with E-state index in [0.29, 0.717) is 0 Å². The fourth-order valence-electron chi connectivity index (χ4n) is 1.06. The van der Waals surface area contributed by atoms with Crippen molar-refractivity contribution in [1.29, 1.82) is 0 Å². The molecule has 0 aliphatic heterocycles. The van der Waals surface area contributed by atoms with Crippen LogP contribution in [0.3, 0.4) is 0 Å². The van der Waals surface area contributed by atoms with Crippen LogP contribution in [0.5, 0.6) is 5.75 Å². The summed E-state index contributed by atoms with van der Waals surface area (Å²) in [6.45, 7) is 0. The monoisotopic (exact) mass is 449 g/mol. The zero-order valence-corrected chi connectivity index (χ0v) is 11.9. The van der Waals surface area contributed by atoms with Crippen LogP contribution < -0.4 is 4.74 Å². The molecule has 1 aromatic heterocycles. The van der Waals surface area contributed by atoms with E-state index in [1.807, 2.05) is 0 Å². The minimum atomic E-state index is -5.22. The zero-order chi connectivity index (χ0) is 14.1. The minimum Gasteiger partial charge on any atom is -0.403 e. The van der Waals surface area contributed by atoms with Crippen molar-refractivity contribution in [3.8, 4) is 5.75 Å². The van der Waals surface area contributed by atoms with E-state index in [1.54, 1.807) is 22.6 Å². The predicted octanol–water partition coefficient (Wildman–Crippen LogP) is 4.50. The Kier molecular flexibility index (Phi) is 4.73. The largest absolute Gasteiger partial charge is 0.573 e. The molecule has 0 aliphatic carbocycles. The summed E-state index contributed by atoms with van der Waals surface area (Å²) in [7, 11) is 0. The van der Waals surface area contributed by atoms with Crippen molar-refractivity contribution >= 4 is 38.5 Å². The van der Waals surface area contributed by atoms with Gasteiger partial charge < -0.3 is 4.74 Å². The first-order valence-corrected chi connectivity index (χ1v) is 6.32. The van der Waals surface area contributed by atoms with Crippen LogP contribution in [-0.4, -0.2) is 11.3 Å². The summed E-state index contributed by atoms with van der Waals surface area (Å²) in [4.78, 5) is 2.96. The van der Waals surface area contributed by atoms with Gasteiger partial charge in [-0.25, -0.2) is 4.98 Å². The highest BCUT2D eigenvalue weighted by Gasteiger charge is 2.42. The Labute approximate surface area is 119 Å². The average Bonchev–Trinajstić information content (AvgIpc) is 2.13. The van der Waals surface area contributed by atoms with E-state index in [2.05, 4.69) is 25.7 Å². The number of nitrogens with zero attached hydrogens (tertiary/aromatic N) is 1. The van der Waals surface area contributed by atoms with Crippen LogP contribution in [0.25, 0.3) is 0 Å². The van der Waals surface area contributed by atoms with Gasteiger partial charge in [0.05, 0.1) is 0 Å². The molecule has 0 aromatic carbocycles. The molecular weight excluding hydrogens is 447 g/mol. The van der Waals surface area contributed by atoms with Gasteiger partial charge in [-0.1, -0.05) is 15.9 Å². The van der Waals surface area contributed by atoms with Crippen molar-refractivity contribution < 1.29 is 31.1 Å². The average molecular weight is 450 g/mol. The van der Waals surface area contributed by atoms with Gasteiger partial charge in [0.2, 0.25) is 0 Å². The third-order valence-corrected chi connectivity index (χ3v) is 3.19. The maximum atomic E-state index is 12.5. The Bertz CT molecular complexity index is 446. The normalized spacial score (nSPS) is 12.7. The lowest BCUT2D eigenvalue weighted by molar-refractivity contribution is -0.276. The molecule has 0 unspecified atom stereocenters. The molecule has 0 saturated heterocycles. The van der Waals surface area contributed by atoms with E-state index in [-0.39, 0.29) is 14.5 Å². The second kappa shape index (κ2) is 5.39. The minimum absolute atomic E-state index is 0.136. The molecule has 0 bridgehead atoms. The van der Waals surface area contributed by atoms with Crippen molar-refractivity contribution in [3.63, 3.8) is 0 Å². The van der Waals surface area contributed by atoms with Crippen molar-refractivity contribution in [2.24, 2.45) is 0 Å². The molecule has 1 aromatic rings. The van der Waals surface area contributed by atoms with Crippen LogP contribution in [0, 0.1) is 3.57 Å². The van der Waals surface area contributed by atoms with Gasteiger partial charge in [0.1, 0.15) is 0 Å². The summed E-state index contributed by atoms with van der Waals surface area (Å²) in [5.41, 5.74) is -1.95. The van der Waals surface area contributed by atoms with Gasteiger partial charge in [-0.3, -0.25) is 0 Å². The van der Waals surface area contributed by atoms with E-state index < -0.39 is 24.0 Å². The maximum absolute atomic E-state index is 12.5. The van der Waals surface area contributed by atoms with Crippen LogP contribution in [0.1, 0.15) is 11.3 Å². The molecule has 18 heavy (non-hydrogen) atoms. The van der Waals surface area contributed by atoms with E-state index in [9.17, 15) is 26.3 Å². The highest BCUT2D eigenvalue weighted by molar-refractivity contribution is 14.1. The van der Waals surface area contributed by atoms with E-state index in [0.717, 1.165) is 6.20 Å². The van der Waals surface area contributed by atoms with Gasteiger partial charge in [-0.2, -0.15) is 13.2 Å². The molecule has 0 amide bonds.